The molecule has 79 heavy (non-hydrogen) atoms. The van der Waals surface area contributed by atoms with Crippen LogP contribution in [0, 0.1) is 23.7 Å². The molecule has 12 amide bonds. The van der Waals surface area contributed by atoms with Gasteiger partial charge < -0.3 is 73.6 Å². The highest BCUT2D eigenvalue weighted by molar-refractivity contribution is 7.98. The largest absolute Gasteiger partial charge is 0.394 e. The number of thioether (sulfide) groups is 1. The van der Waals surface area contributed by atoms with Crippen LogP contribution in [-0.4, -0.2) is 197 Å². The van der Waals surface area contributed by atoms with Crippen molar-refractivity contribution >= 4 is 82.6 Å². The summed E-state index contributed by atoms with van der Waals surface area (Å²) in [6.45, 7) is 14.1. The number of rotatable bonds is 33. The van der Waals surface area contributed by atoms with Gasteiger partial charge in [-0.3, -0.25) is 57.5 Å². The molecule has 2 fully saturated rings. The number of nitrogens with one attached hydrogen (secondary N) is 9. The van der Waals surface area contributed by atoms with E-state index in [0.29, 0.717) is 25.0 Å². The van der Waals surface area contributed by atoms with Crippen LogP contribution in [0.15, 0.2) is 0 Å². The van der Waals surface area contributed by atoms with Crippen LogP contribution < -0.4 is 53.6 Å². The molecule has 0 radical (unpaired) electrons. The third-order valence-corrected chi connectivity index (χ3v) is 14.5. The van der Waals surface area contributed by atoms with Crippen LogP contribution in [0.4, 0.5) is 0 Å². The Bertz CT molecular complexity index is 2130. The first kappa shape index (κ1) is 69.0. The topological polar surface area (TPSA) is 386 Å². The van der Waals surface area contributed by atoms with Crippen LogP contribution in [-0.2, 0) is 57.5 Å². The van der Waals surface area contributed by atoms with Crippen LogP contribution in [0.3, 0.4) is 0 Å². The van der Waals surface area contributed by atoms with E-state index in [1.807, 2.05) is 27.7 Å². The molecular formula is C52H90N12O14S. The minimum atomic E-state index is -1.61. The van der Waals surface area contributed by atoms with Crippen molar-refractivity contribution in [1.29, 1.82) is 0 Å². The Morgan fingerprint density at radius 3 is 1.48 bits per heavy atom. The molecule has 2 heterocycles. The van der Waals surface area contributed by atoms with Gasteiger partial charge in [0.05, 0.1) is 13.2 Å². The van der Waals surface area contributed by atoms with E-state index in [0.717, 1.165) is 0 Å². The van der Waals surface area contributed by atoms with Gasteiger partial charge in [-0.05, 0) is 87.0 Å². The first-order chi connectivity index (χ1) is 37.1. The lowest BCUT2D eigenvalue weighted by molar-refractivity contribution is -0.144. The molecule has 26 nitrogen and oxygen atoms in total. The van der Waals surface area contributed by atoms with Crippen molar-refractivity contribution < 1.29 is 67.7 Å². The van der Waals surface area contributed by atoms with Gasteiger partial charge in [0.25, 0.3) is 0 Å². The first-order valence-electron chi connectivity index (χ1n) is 27.4. The van der Waals surface area contributed by atoms with Crippen molar-refractivity contribution in [2.45, 2.75) is 187 Å². The number of carbonyl (C=O) groups excluding carboxylic acids is 12. The summed E-state index contributed by atoms with van der Waals surface area (Å²) in [5, 5.41) is 43.5. The number of hydrogen-bond donors (Lipinski definition) is 12. The van der Waals surface area contributed by atoms with Gasteiger partial charge in [0, 0.05) is 33.5 Å². The molecular weight excluding hydrogens is 1050 g/mol. The van der Waals surface area contributed by atoms with Gasteiger partial charge in [-0.1, -0.05) is 61.8 Å². The molecule has 448 valence electrons. The molecule has 0 aromatic heterocycles. The second-order valence-corrected chi connectivity index (χ2v) is 22.6. The Balaban J connectivity index is 2.31. The van der Waals surface area contributed by atoms with E-state index < -0.39 is 156 Å². The number of nitrogens with zero attached hydrogens (tertiary/aromatic N) is 2. The standard InChI is InChI=1S/C52H90N12O14S/c1-12-30(8)42(62-48(74)39-16-14-21-64(39)52(78)37(26-66)60-44(70)32(17-18-40(53)68)56-45(71)33(19-22-79-11)55-31(9)67)50(76)61-41(29(6)7)49(75)58-35(24-28(4)5)51(77)63-20-13-15-38(63)47(73)57-34(23-27(2)3)46(72)59-36(25-65)43(69)54-10/h27-30,32-39,41-42,65-66H,12-26H2,1-11H3,(H2,53,68)(H,54,69)(H,55,67)(H,56,71)(H,57,73)(H,58,75)(H,59,72)(H,60,70)(H,61,76)(H,62,74)/t30-,32-,33-,34-,35-,36-,37-,38-,39-,41-,42-/m0/s1. The van der Waals surface area contributed by atoms with Gasteiger partial charge in [-0.15, -0.1) is 0 Å². The highest BCUT2D eigenvalue weighted by Gasteiger charge is 2.43. The number of hydrogen-bond acceptors (Lipinski definition) is 15. The first-order valence-corrected chi connectivity index (χ1v) is 28.8. The maximum absolute atomic E-state index is 14.4. The fourth-order valence-electron chi connectivity index (χ4n) is 9.34. The summed E-state index contributed by atoms with van der Waals surface area (Å²) in [4.78, 5) is 164. The molecule has 27 heteroatoms. The minimum Gasteiger partial charge on any atom is -0.394 e. The zero-order valence-corrected chi connectivity index (χ0v) is 48.7. The highest BCUT2D eigenvalue weighted by atomic mass is 32.2. The quantitative estimate of drug-likeness (QED) is 0.0321. The van der Waals surface area contributed by atoms with Crippen molar-refractivity contribution in [2.24, 2.45) is 29.4 Å². The predicted octanol–water partition coefficient (Wildman–Crippen LogP) is -2.59. The van der Waals surface area contributed by atoms with Gasteiger partial charge in [-0.2, -0.15) is 11.8 Å². The predicted molar refractivity (Wildman–Crippen MR) is 293 cm³/mol. The number of carbonyl (C=O) groups is 12. The Morgan fingerprint density at radius 2 is 1.01 bits per heavy atom. The average Bonchev–Trinajstić information content (AvgIpc) is 4.11. The summed E-state index contributed by atoms with van der Waals surface area (Å²) < 4.78 is 0. The molecule has 0 spiro atoms. The maximum atomic E-state index is 14.4. The molecule has 0 aliphatic carbocycles. The van der Waals surface area contributed by atoms with Crippen LogP contribution >= 0.6 is 11.8 Å². The van der Waals surface area contributed by atoms with Crippen LogP contribution in [0.1, 0.15) is 127 Å². The van der Waals surface area contributed by atoms with Gasteiger partial charge in [0.1, 0.15) is 60.4 Å². The molecule has 13 N–H and O–H groups in total. The molecule has 11 atom stereocenters. The fourth-order valence-corrected chi connectivity index (χ4v) is 9.81. The normalized spacial score (nSPS) is 18.6. The number of likely N-dealkylation sites (tertiary alicyclic amines) is 2. The van der Waals surface area contributed by atoms with Gasteiger partial charge in [-0.25, -0.2) is 0 Å². The van der Waals surface area contributed by atoms with E-state index in [-0.39, 0.29) is 69.9 Å². The second kappa shape index (κ2) is 34.1. The van der Waals surface area contributed by atoms with Gasteiger partial charge in [0.15, 0.2) is 0 Å². The number of amides is 12. The number of aliphatic hydroxyl groups excluding tert-OH is 2. The average molecular weight is 1140 g/mol. The Kier molecular flexibility index (Phi) is 29.8. The Labute approximate surface area is 468 Å². The summed E-state index contributed by atoms with van der Waals surface area (Å²) in [5.74, 6) is -9.21. The molecule has 0 unspecified atom stereocenters. The monoisotopic (exact) mass is 1140 g/mol. The van der Waals surface area contributed by atoms with Gasteiger partial charge in [0.2, 0.25) is 70.9 Å². The Morgan fingerprint density at radius 1 is 0.557 bits per heavy atom. The number of likely N-dealkylation sites (N-methyl/N-ethyl adjacent to an activating group) is 1. The van der Waals surface area contributed by atoms with E-state index in [4.69, 9.17) is 5.73 Å². The van der Waals surface area contributed by atoms with Crippen molar-refractivity contribution in [3.63, 3.8) is 0 Å². The maximum Gasteiger partial charge on any atom is 0.248 e. The molecule has 0 aromatic carbocycles. The summed E-state index contributed by atoms with van der Waals surface area (Å²) in [5.41, 5.74) is 5.34. The molecule has 0 aromatic rings. The van der Waals surface area contributed by atoms with Crippen molar-refractivity contribution in [3.8, 4) is 0 Å². The van der Waals surface area contributed by atoms with E-state index in [1.54, 1.807) is 34.0 Å². The summed E-state index contributed by atoms with van der Waals surface area (Å²) in [6, 6.07) is -12.2. The van der Waals surface area contributed by atoms with E-state index in [2.05, 4.69) is 47.9 Å². The van der Waals surface area contributed by atoms with E-state index >= 15 is 0 Å². The SMILES string of the molecule is CC[C@H](C)[C@H](NC(=O)[C@@H]1CCCN1C(=O)[C@H](CO)NC(=O)[C@H](CCC(N)=O)NC(=O)[C@H](CCSC)NC(C)=O)C(=O)N[C@H](C(=O)N[C@@H](CC(C)C)C(=O)N1CCC[C@H]1C(=O)N[C@@H](CC(C)C)C(=O)N[C@@H](CO)C(=O)NC)C(C)C. The fraction of sp³-hybridized carbons (Fsp3) is 0.769. The highest BCUT2D eigenvalue weighted by Crippen LogP contribution is 2.23. The molecule has 0 bridgehead atoms. The van der Waals surface area contributed by atoms with Gasteiger partial charge >= 0.3 is 0 Å². The number of primary amides is 1. The van der Waals surface area contributed by atoms with Crippen molar-refractivity contribution in [3.05, 3.63) is 0 Å². The smallest absolute Gasteiger partial charge is 0.248 e. The summed E-state index contributed by atoms with van der Waals surface area (Å²) in [6.07, 6.45) is 3.32. The van der Waals surface area contributed by atoms with Crippen LogP contribution in [0.25, 0.3) is 0 Å². The zero-order chi connectivity index (χ0) is 59.8. The molecule has 2 aliphatic rings. The van der Waals surface area contributed by atoms with E-state index in [1.165, 1.54) is 35.5 Å². The minimum absolute atomic E-state index is 0.0376. The van der Waals surface area contributed by atoms with E-state index in [9.17, 15) is 67.7 Å². The van der Waals surface area contributed by atoms with Crippen LogP contribution in [0.5, 0.6) is 0 Å². The lowest BCUT2D eigenvalue weighted by Gasteiger charge is -2.33. The molecule has 2 saturated heterocycles. The van der Waals surface area contributed by atoms with Crippen molar-refractivity contribution in [1.82, 2.24) is 57.7 Å². The lowest BCUT2D eigenvalue weighted by Crippen LogP contribution is -2.62. The summed E-state index contributed by atoms with van der Waals surface area (Å²) in [7, 11) is 1.35. The second-order valence-electron chi connectivity index (χ2n) is 21.6. The molecule has 2 aliphatic heterocycles. The van der Waals surface area contributed by atoms with Crippen LogP contribution in [0.2, 0.25) is 0 Å². The number of aliphatic hydroxyl groups is 2. The third kappa shape index (κ3) is 21.8. The Hall–Kier alpha value is -6.09. The third-order valence-electron chi connectivity index (χ3n) is 13.9. The number of nitrogens with two attached hydrogens (primary N) is 1. The van der Waals surface area contributed by atoms with Crippen molar-refractivity contribution in [2.75, 3.05) is 45.4 Å². The summed E-state index contributed by atoms with van der Waals surface area (Å²) >= 11 is 1.42. The zero-order valence-electron chi connectivity index (χ0n) is 47.9. The molecule has 0 saturated carbocycles. The lowest BCUT2D eigenvalue weighted by atomic mass is 9.95. The molecule has 2 rings (SSSR count).